The number of nitrogens with zero attached hydrogens (tertiary/aromatic N) is 9. The van der Waals surface area contributed by atoms with E-state index in [1.54, 1.807) is 92.2 Å². The van der Waals surface area contributed by atoms with Crippen LogP contribution in [0.2, 0.25) is 0 Å². The summed E-state index contributed by atoms with van der Waals surface area (Å²) in [4.78, 5) is 86.6. The van der Waals surface area contributed by atoms with Crippen molar-refractivity contribution in [2.75, 3.05) is 30.0 Å². The summed E-state index contributed by atoms with van der Waals surface area (Å²) >= 11 is 0. The number of alkyl halides is 3. The highest BCUT2D eigenvalue weighted by atomic mass is 19.4. The SMILES string of the molecule is COc1ccc(CC2OC(=O)c3c(-c4ccco4)nc(N)nc32)cc1.Nc1nc(-c2ccccn2)c2c(n1)C(Cc1ccccc1F)OC2=O.Nc1nc(-c2ccco2)c2c(n1)C(Cc1c(F)cccc1F)OC2=O.Nc1nc(-c2ccco2)c2c(n1)C(Cc1ccccc1OC(F)(F)F)OC2=O. The number of anilines is 4. The molecule has 0 aliphatic carbocycles. The molecule has 0 radical (unpaired) electrons. The van der Waals surface area contributed by atoms with Gasteiger partial charge in [0.05, 0.1) is 31.6 Å². The van der Waals surface area contributed by atoms with Crippen LogP contribution in [0.25, 0.3) is 45.8 Å². The molecule has 0 spiro atoms. The number of furan rings is 3. The van der Waals surface area contributed by atoms with Crippen molar-refractivity contribution < 1.29 is 87.2 Å². The zero-order valence-corrected chi connectivity index (χ0v) is 53.2. The third kappa shape index (κ3) is 14.6. The Hall–Kier alpha value is -13.6. The minimum absolute atomic E-state index is 0.0104. The van der Waals surface area contributed by atoms with E-state index in [1.807, 2.05) is 24.3 Å². The molecular formula is C71H51F6N13O13. The molecule has 4 aliphatic rings. The fourth-order valence-corrected chi connectivity index (χ4v) is 11.6. The molecular weight excluding hydrogens is 1360 g/mol. The number of rotatable bonds is 14. The van der Waals surface area contributed by atoms with E-state index in [2.05, 4.69) is 49.6 Å². The average Bonchev–Trinajstić information content (AvgIpc) is 1.65. The van der Waals surface area contributed by atoms with Crippen molar-refractivity contribution in [3.63, 3.8) is 0 Å². The van der Waals surface area contributed by atoms with Gasteiger partial charge in [0.2, 0.25) is 23.8 Å². The van der Waals surface area contributed by atoms with E-state index in [1.165, 1.54) is 49.1 Å². The molecule has 12 aromatic rings. The number of ether oxygens (including phenoxy) is 6. The lowest BCUT2D eigenvalue weighted by atomic mass is 10.0. The van der Waals surface area contributed by atoms with E-state index in [9.17, 15) is 45.5 Å². The summed E-state index contributed by atoms with van der Waals surface area (Å²) in [7, 11) is 1.61. The topological polar surface area (TPSA) is 383 Å². The molecule has 0 fully saturated rings. The van der Waals surface area contributed by atoms with Crippen molar-refractivity contribution in [3.05, 3.63) is 255 Å². The number of nitrogen functional groups attached to an aromatic ring is 4. The molecule has 26 nitrogen and oxygen atoms in total. The number of hydrogen-bond acceptors (Lipinski definition) is 26. The van der Waals surface area contributed by atoms with Gasteiger partial charge in [-0.15, -0.1) is 13.2 Å². The predicted molar refractivity (Wildman–Crippen MR) is 348 cm³/mol. The zero-order chi connectivity index (χ0) is 72.2. The number of fused-ring (bicyclic) bond motifs is 4. The molecule has 0 bridgehead atoms. The van der Waals surface area contributed by atoms with Gasteiger partial charge in [-0.2, -0.15) is 0 Å². The van der Waals surface area contributed by atoms with Crippen LogP contribution in [0.15, 0.2) is 184 Å². The summed E-state index contributed by atoms with van der Waals surface area (Å²) in [6, 6.07) is 38.2. The first kappa shape index (κ1) is 68.0. The van der Waals surface area contributed by atoms with E-state index < -0.39 is 66.3 Å². The molecule has 4 aromatic carbocycles. The Morgan fingerprint density at radius 2 is 0.816 bits per heavy atom. The summed E-state index contributed by atoms with van der Waals surface area (Å²) in [5.74, 6) is -2.92. The predicted octanol–water partition coefficient (Wildman–Crippen LogP) is 12.2. The van der Waals surface area contributed by atoms with Gasteiger partial charge in [-0.25, -0.2) is 72.2 Å². The van der Waals surface area contributed by atoms with Crippen LogP contribution in [0.3, 0.4) is 0 Å². The number of esters is 4. The summed E-state index contributed by atoms with van der Waals surface area (Å²) in [6.07, 6.45) is -1.69. The van der Waals surface area contributed by atoms with E-state index in [0.29, 0.717) is 63.3 Å². The maximum atomic E-state index is 13.9. The number of carbonyl (C=O) groups is 4. The minimum atomic E-state index is -4.85. The van der Waals surface area contributed by atoms with Crippen LogP contribution in [0.1, 0.15) is 111 Å². The monoisotopic (exact) mass is 1410 g/mol. The molecule has 4 unspecified atom stereocenters. The number of carbonyl (C=O) groups excluding carboxylic acids is 4. The van der Waals surface area contributed by atoms with Gasteiger partial charge in [0, 0.05) is 37.4 Å². The highest BCUT2D eigenvalue weighted by Gasteiger charge is 2.43. The van der Waals surface area contributed by atoms with Crippen LogP contribution in [0, 0.1) is 17.5 Å². The van der Waals surface area contributed by atoms with Gasteiger partial charge in [0.1, 0.15) is 121 Å². The molecule has 0 amide bonds. The third-order valence-corrected chi connectivity index (χ3v) is 16.0. The van der Waals surface area contributed by atoms with Crippen LogP contribution < -0.4 is 32.4 Å². The van der Waals surface area contributed by atoms with Gasteiger partial charge in [0.25, 0.3) is 0 Å². The number of nitrogens with two attached hydrogens (primary N) is 4. The Bertz CT molecular complexity index is 5160. The highest BCUT2D eigenvalue weighted by molar-refractivity contribution is 6.02. The first-order valence-electron chi connectivity index (χ1n) is 30.8. The van der Waals surface area contributed by atoms with Crippen molar-refractivity contribution in [3.8, 4) is 57.2 Å². The third-order valence-electron chi connectivity index (χ3n) is 16.0. The lowest BCUT2D eigenvalue weighted by Crippen LogP contribution is -2.18. The molecule has 8 N–H and O–H groups in total. The molecule has 16 rings (SSSR count). The van der Waals surface area contributed by atoms with E-state index in [4.69, 9.17) is 59.9 Å². The number of methoxy groups -OCH3 is 1. The van der Waals surface area contributed by atoms with Crippen LogP contribution in [0.4, 0.5) is 50.1 Å². The van der Waals surface area contributed by atoms with E-state index in [0.717, 1.165) is 23.4 Å². The number of halogens is 6. The Morgan fingerprint density at radius 3 is 1.24 bits per heavy atom. The van der Waals surface area contributed by atoms with Gasteiger partial charge in [-0.05, 0) is 102 Å². The number of para-hydroxylation sites is 1. The smallest absolute Gasteiger partial charge is 0.497 e. The zero-order valence-electron chi connectivity index (χ0n) is 53.2. The molecule has 8 aromatic heterocycles. The first-order chi connectivity index (χ1) is 49.6. The van der Waals surface area contributed by atoms with Crippen molar-refractivity contribution in [2.45, 2.75) is 56.5 Å². The summed E-state index contributed by atoms with van der Waals surface area (Å²) < 4.78 is 126. The molecule has 4 aliphatic heterocycles. The number of aromatic nitrogens is 9. The molecule has 520 valence electrons. The largest absolute Gasteiger partial charge is 0.573 e. The number of hydrogen-bond donors (Lipinski definition) is 4. The van der Waals surface area contributed by atoms with Crippen LogP contribution in [-0.4, -0.2) is 82.2 Å². The Labute approximate surface area is 576 Å². The number of pyridine rings is 1. The van der Waals surface area contributed by atoms with Crippen molar-refractivity contribution in [2.24, 2.45) is 0 Å². The van der Waals surface area contributed by atoms with Gasteiger partial charge < -0.3 is 64.6 Å². The quantitative estimate of drug-likeness (QED) is 0.0446. The molecule has 0 saturated heterocycles. The lowest BCUT2D eigenvalue weighted by Gasteiger charge is -2.15. The number of benzene rings is 4. The van der Waals surface area contributed by atoms with Crippen molar-refractivity contribution in [1.82, 2.24) is 44.9 Å². The van der Waals surface area contributed by atoms with Gasteiger partial charge >= 0.3 is 30.2 Å². The Balaban J connectivity index is 0.000000122. The molecule has 4 atom stereocenters. The molecule has 12 heterocycles. The molecule has 0 saturated carbocycles. The highest BCUT2D eigenvalue weighted by Crippen LogP contribution is 2.43. The van der Waals surface area contributed by atoms with E-state index in [-0.39, 0.29) is 105 Å². The second kappa shape index (κ2) is 28.7. The van der Waals surface area contributed by atoms with Gasteiger partial charge in [-0.3, -0.25) is 4.98 Å². The second-order valence-corrected chi connectivity index (χ2v) is 22.6. The second-order valence-electron chi connectivity index (χ2n) is 22.6. The standard InChI is InChI=1S/C18H12F3N3O4.C18H13FN4O2.C18H15N3O4.C17H11F2N3O3/c19-18(20,21)28-10-5-2-1-4-9(10)8-12-15-13(16(25)27-12)14(23-17(22)24-15)11-6-3-7-26-11;19-11-6-2-1-5-10(11)9-13-16-14(17(24)25-13)15(22-18(20)23-16)12-7-3-4-8-21-12;1-23-11-6-4-10(5-7-11)9-13-16-14(17(22)25-13)15(20-18(19)21-16)12-3-2-8-24-12;18-9-3-1-4-10(19)8(9)7-12-15-13(16(23)25-12)14(21-17(20)22-15)11-5-2-6-24-11/h1-7,12H,8H2,(H2,22,23,24);1-8,13H,9H2,(H2,20,22,23);2-8,13H,9H2,1H3,(H2,19,20,21);1-6,12H,7H2,(H2,20,21,22). The maximum absolute atomic E-state index is 13.9. The van der Waals surface area contributed by atoms with Crippen LogP contribution >= 0.6 is 0 Å². The fourth-order valence-electron chi connectivity index (χ4n) is 11.6. The summed E-state index contributed by atoms with van der Waals surface area (Å²) in [6.45, 7) is 0. The van der Waals surface area contributed by atoms with Gasteiger partial charge in [-0.1, -0.05) is 60.7 Å². The maximum Gasteiger partial charge on any atom is 0.573 e. The minimum Gasteiger partial charge on any atom is -0.497 e. The number of cyclic esters (lactones) is 4. The van der Waals surface area contributed by atoms with Crippen molar-refractivity contribution >= 4 is 47.7 Å². The Kier molecular flexibility index (Phi) is 19.0. The molecule has 32 heteroatoms. The summed E-state index contributed by atoms with van der Waals surface area (Å²) in [5.41, 5.74) is 28.0. The van der Waals surface area contributed by atoms with E-state index >= 15 is 0 Å². The molecule has 103 heavy (non-hydrogen) atoms. The normalized spacial score (nSPS) is 15.8. The fraction of sp³-hybridized carbons (Fsp3) is 0.141. The Morgan fingerprint density at radius 1 is 0.417 bits per heavy atom. The average molecular weight is 1410 g/mol. The van der Waals surface area contributed by atoms with Crippen molar-refractivity contribution in [1.29, 1.82) is 0 Å². The van der Waals surface area contributed by atoms with Crippen LogP contribution in [0.5, 0.6) is 11.5 Å². The van der Waals surface area contributed by atoms with Crippen LogP contribution in [-0.2, 0) is 44.6 Å². The lowest BCUT2D eigenvalue weighted by molar-refractivity contribution is -0.275. The first-order valence-corrected chi connectivity index (χ1v) is 30.8. The van der Waals surface area contributed by atoms with Gasteiger partial charge in [0.15, 0.2) is 17.3 Å². The summed E-state index contributed by atoms with van der Waals surface area (Å²) in [5, 5.41) is 0.